The molecule has 0 amide bonds. The highest BCUT2D eigenvalue weighted by Crippen LogP contribution is 2.33. The van der Waals surface area contributed by atoms with Crippen LogP contribution >= 0.6 is 11.8 Å². The molecule has 104 valence electrons. The lowest BCUT2D eigenvalue weighted by Gasteiger charge is -2.03. The second kappa shape index (κ2) is 7.74. The Kier molecular flexibility index (Phi) is 5.96. The molecule has 0 heterocycles. The Hall–Kier alpha value is -0.760. The van der Waals surface area contributed by atoms with Crippen molar-refractivity contribution in [1.29, 1.82) is 0 Å². The topological polar surface area (TPSA) is 17.1 Å². The first kappa shape index (κ1) is 14.6. The van der Waals surface area contributed by atoms with Crippen LogP contribution in [0.1, 0.15) is 62.2 Å². The van der Waals surface area contributed by atoms with Crippen molar-refractivity contribution < 1.29 is 4.79 Å². The smallest absolute Gasteiger partial charge is 0.165 e. The van der Waals surface area contributed by atoms with E-state index in [1.807, 2.05) is 23.9 Å². The van der Waals surface area contributed by atoms with Gasteiger partial charge < -0.3 is 0 Å². The van der Waals surface area contributed by atoms with Crippen molar-refractivity contribution in [3.63, 3.8) is 0 Å². The summed E-state index contributed by atoms with van der Waals surface area (Å²) in [5.41, 5.74) is 0.898. The molecule has 2 heteroatoms. The van der Waals surface area contributed by atoms with Crippen molar-refractivity contribution in [2.75, 3.05) is 5.75 Å². The van der Waals surface area contributed by atoms with Gasteiger partial charge in [0, 0.05) is 16.4 Å². The van der Waals surface area contributed by atoms with Crippen molar-refractivity contribution in [3.05, 3.63) is 29.8 Å². The molecule has 0 aliphatic heterocycles. The van der Waals surface area contributed by atoms with Crippen LogP contribution < -0.4 is 0 Å². The summed E-state index contributed by atoms with van der Waals surface area (Å²) in [5, 5.41) is 0. The first-order valence-electron chi connectivity index (χ1n) is 7.58. The summed E-state index contributed by atoms with van der Waals surface area (Å²) >= 11 is 1.91. The number of unbranched alkanes of at least 4 members (excludes halogenated alkanes) is 4. The molecule has 0 radical (unpaired) electrons. The third-order valence-corrected chi connectivity index (χ3v) is 4.70. The molecule has 0 atom stereocenters. The Morgan fingerprint density at radius 2 is 1.79 bits per heavy atom. The van der Waals surface area contributed by atoms with Crippen LogP contribution in [0.5, 0.6) is 0 Å². The van der Waals surface area contributed by atoms with Crippen LogP contribution in [0, 0.1) is 5.92 Å². The lowest BCUT2D eigenvalue weighted by atomic mass is 10.1. The lowest BCUT2D eigenvalue weighted by Crippen LogP contribution is -2.00. The summed E-state index contributed by atoms with van der Waals surface area (Å²) in [7, 11) is 0. The van der Waals surface area contributed by atoms with Crippen molar-refractivity contribution >= 4 is 17.5 Å². The molecule has 1 aliphatic carbocycles. The minimum atomic E-state index is 0.331. The van der Waals surface area contributed by atoms with Gasteiger partial charge in [0.05, 0.1) is 0 Å². The second-order valence-electron chi connectivity index (χ2n) is 5.43. The van der Waals surface area contributed by atoms with Crippen LogP contribution in [-0.2, 0) is 0 Å². The summed E-state index contributed by atoms with van der Waals surface area (Å²) in [6.07, 6.45) is 8.87. The summed E-state index contributed by atoms with van der Waals surface area (Å²) in [4.78, 5) is 13.2. The van der Waals surface area contributed by atoms with Gasteiger partial charge in [0.2, 0.25) is 0 Å². The van der Waals surface area contributed by atoms with Crippen molar-refractivity contribution in [2.24, 2.45) is 5.92 Å². The molecule has 2 rings (SSSR count). The number of rotatable bonds is 9. The lowest BCUT2D eigenvalue weighted by molar-refractivity contribution is 0.0967. The number of hydrogen-bond donors (Lipinski definition) is 0. The first-order chi connectivity index (χ1) is 9.31. The van der Waals surface area contributed by atoms with Crippen LogP contribution in [0.25, 0.3) is 0 Å². The zero-order chi connectivity index (χ0) is 13.5. The summed E-state index contributed by atoms with van der Waals surface area (Å²) < 4.78 is 0. The van der Waals surface area contributed by atoms with E-state index in [0.717, 1.165) is 18.4 Å². The largest absolute Gasteiger partial charge is 0.294 e. The minimum Gasteiger partial charge on any atom is -0.294 e. The fourth-order valence-corrected chi connectivity index (χ4v) is 3.10. The quantitative estimate of drug-likeness (QED) is 0.344. The van der Waals surface area contributed by atoms with Gasteiger partial charge in [-0.15, -0.1) is 11.8 Å². The van der Waals surface area contributed by atoms with Gasteiger partial charge in [-0.1, -0.05) is 44.7 Å². The molecule has 1 saturated carbocycles. The molecular weight excluding hydrogens is 252 g/mol. The zero-order valence-electron chi connectivity index (χ0n) is 11.9. The zero-order valence-corrected chi connectivity index (χ0v) is 12.7. The van der Waals surface area contributed by atoms with Gasteiger partial charge in [-0.25, -0.2) is 0 Å². The van der Waals surface area contributed by atoms with E-state index in [1.54, 1.807) is 0 Å². The number of benzene rings is 1. The summed E-state index contributed by atoms with van der Waals surface area (Å²) in [5.74, 6) is 1.87. The predicted octanol–water partition coefficient (Wildman–Crippen LogP) is 5.34. The van der Waals surface area contributed by atoms with E-state index in [9.17, 15) is 4.79 Å². The SMILES string of the molecule is CCCCCCCSc1ccc(C(=O)C2CC2)cc1. The number of hydrogen-bond acceptors (Lipinski definition) is 2. The number of Topliss-reactive ketones (excluding diaryl/α,β-unsaturated/α-hetero) is 1. The van der Waals surface area contributed by atoms with E-state index < -0.39 is 0 Å². The third kappa shape index (κ3) is 5.02. The van der Waals surface area contributed by atoms with Crippen molar-refractivity contribution in [3.8, 4) is 0 Å². The van der Waals surface area contributed by atoms with Crippen molar-refractivity contribution in [1.82, 2.24) is 0 Å². The van der Waals surface area contributed by atoms with E-state index in [4.69, 9.17) is 0 Å². The van der Waals surface area contributed by atoms with Gasteiger partial charge in [-0.05, 0) is 37.1 Å². The maximum Gasteiger partial charge on any atom is 0.165 e. The van der Waals surface area contributed by atoms with Gasteiger partial charge in [0.15, 0.2) is 5.78 Å². The number of carbonyl (C=O) groups is 1. The van der Waals surface area contributed by atoms with Crippen LogP contribution in [0.2, 0.25) is 0 Å². The van der Waals surface area contributed by atoms with E-state index in [0.29, 0.717) is 11.7 Å². The van der Waals surface area contributed by atoms with E-state index in [1.165, 1.54) is 42.8 Å². The molecular formula is C17H24OS. The second-order valence-corrected chi connectivity index (χ2v) is 6.59. The van der Waals surface area contributed by atoms with Crippen LogP contribution in [0.15, 0.2) is 29.2 Å². The normalized spacial score (nSPS) is 14.6. The Labute approximate surface area is 121 Å². The number of carbonyl (C=O) groups excluding carboxylic acids is 1. The molecule has 19 heavy (non-hydrogen) atoms. The molecule has 1 aromatic carbocycles. The Morgan fingerprint density at radius 3 is 2.42 bits per heavy atom. The highest BCUT2D eigenvalue weighted by atomic mass is 32.2. The maximum atomic E-state index is 11.9. The Balaban J connectivity index is 1.68. The number of thioether (sulfide) groups is 1. The van der Waals surface area contributed by atoms with Gasteiger partial charge in [0.1, 0.15) is 0 Å². The van der Waals surface area contributed by atoms with E-state index in [-0.39, 0.29) is 0 Å². The summed E-state index contributed by atoms with van der Waals surface area (Å²) in [6.45, 7) is 2.25. The monoisotopic (exact) mass is 276 g/mol. The fraction of sp³-hybridized carbons (Fsp3) is 0.588. The minimum absolute atomic E-state index is 0.331. The van der Waals surface area contributed by atoms with Gasteiger partial charge in [-0.3, -0.25) is 4.79 Å². The Bertz CT molecular complexity index is 392. The highest BCUT2D eigenvalue weighted by Gasteiger charge is 2.30. The average Bonchev–Trinajstić information content (AvgIpc) is 3.27. The summed E-state index contributed by atoms with van der Waals surface area (Å²) in [6, 6.07) is 8.21. The van der Waals surface area contributed by atoms with Crippen LogP contribution in [0.3, 0.4) is 0 Å². The van der Waals surface area contributed by atoms with Gasteiger partial charge in [-0.2, -0.15) is 0 Å². The molecule has 1 nitrogen and oxygen atoms in total. The molecule has 0 bridgehead atoms. The molecule has 0 spiro atoms. The predicted molar refractivity (Wildman–Crippen MR) is 83.0 cm³/mol. The molecule has 1 aliphatic rings. The maximum absolute atomic E-state index is 11.9. The van der Waals surface area contributed by atoms with Crippen molar-refractivity contribution in [2.45, 2.75) is 56.8 Å². The fourth-order valence-electron chi connectivity index (χ4n) is 2.19. The van der Waals surface area contributed by atoms with Gasteiger partial charge >= 0.3 is 0 Å². The first-order valence-corrected chi connectivity index (χ1v) is 8.57. The van der Waals surface area contributed by atoms with Crippen LogP contribution in [-0.4, -0.2) is 11.5 Å². The molecule has 1 fully saturated rings. The molecule has 0 N–H and O–H groups in total. The third-order valence-electron chi connectivity index (χ3n) is 3.60. The molecule has 1 aromatic rings. The van der Waals surface area contributed by atoms with E-state index in [2.05, 4.69) is 19.1 Å². The Morgan fingerprint density at radius 1 is 1.11 bits per heavy atom. The molecule has 0 unspecified atom stereocenters. The van der Waals surface area contributed by atoms with Crippen LogP contribution in [0.4, 0.5) is 0 Å². The standard InChI is InChI=1S/C17H24OS/c1-2-3-4-5-6-13-19-16-11-9-15(10-12-16)17(18)14-7-8-14/h9-12,14H,2-8,13H2,1H3. The van der Waals surface area contributed by atoms with Gasteiger partial charge in [0.25, 0.3) is 0 Å². The molecule has 0 saturated heterocycles. The highest BCUT2D eigenvalue weighted by molar-refractivity contribution is 7.99. The van der Waals surface area contributed by atoms with E-state index >= 15 is 0 Å². The molecule has 0 aromatic heterocycles. The average molecular weight is 276 g/mol. The number of ketones is 1.